The van der Waals surface area contributed by atoms with E-state index in [2.05, 4.69) is 10.3 Å². The van der Waals surface area contributed by atoms with Gasteiger partial charge in [0.25, 0.3) is 0 Å². The van der Waals surface area contributed by atoms with Gasteiger partial charge in [0.1, 0.15) is 6.04 Å². The summed E-state index contributed by atoms with van der Waals surface area (Å²) < 4.78 is 0. The topological polar surface area (TPSA) is 61.7 Å². The first-order valence-electron chi connectivity index (χ1n) is 5.89. The summed E-state index contributed by atoms with van der Waals surface area (Å²) in [5, 5.41) is 12.2. The highest BCUT2D eigenvalue weighted by molar-refractivity contribution is 5.73. The monoisotopic (exact) mass is 244 g/mol. The van der Waals surface area contributed by atoms with E-state index in [0.717, 1.165) is 5.56 Å². The Bertz CT molecular complexity index is 482. The number of benzene rings is 1. The van der Waals surface area contributed by atoms with E-state index in [4.69, 9.17) is 5.11 Å². The third kappa shape index (κ3) is 2.49. The van der Waals surface area contributed by atoms with Crippen molar-refractivity contribution in [2.24, 2.45) is 4.99 Å². The minimum absolute atomic E-state index is 0.485. The van der Waals surface area contributed by atoms with Crippen molar-refractivity contribution in [3.63, 3.8) is 0 Å². The van der Waals surface area contributed by atoms with Gasteiger partial charge in [-0.1, -0.05) is 30.3 Å². The molecule has 0 saturated heterocycles. The zero-order valence-corrected chi connectivity index (χ0v) is 10.2. The Morgan fingerprint density at radius 1 is 1.44 bits per heavy atom. The molecule has 2 atom stereocenters. The number of nitrogens with zero attached hydrogens (tertiary/aromatic N) is 1. The zero-order chi connectivity index (χ0) is 13.0. The Kier molecular flexibility index (Phi) is 3.58. The molecule has 0 bridgehead atoms. The maximum atomic E-state index is 11.0. The third-order valence-electron chi connectivity index (χ3n) is 3.10. The second-order valence-corrected chi connectivity index (χ2v) is 4.39. The number of aliphatic imine (C=N–C) groups is 1. The molecule has 4 nitrogen and oxygen atoms in total. The number of hydrogen-bond acceptors (Lipinski definition) is 3. The highest BCUT2D eigenvalue weighted by Crippen LogP contribution is 2.28. The lowest BCUT2D eigenvalue weighted by Gasteiger charge is -2.34. The van der Waals surface area contributed by atoms with Crippen LogP contribution in [0, 0.1) is 0 Å². The molecule has 0 aromatic heterocycles. The van der Waals surface area contributed by atoms with E-state index in [-0.39, 0.29) is 0 Å². The van der Waals surface area contributed by atoms with Gasteiger partial charge in [0.2, 0.25) is 0 Å². The molecule has 4 heteroatoms. The molecule has 2 unspecified atom stereocenters. The maximum Gasteiger partial charge on any atom is 0.320 e. The van der Waals surface area contributed by atoms with Gasteiger partial charge in [-0.05, 0) is 18.6 Å². The van der Waals surface area contributed by atoms with E-state index in [9.17, 15) is 4.79 Å². The maximum absolute atomic E-state index is 11.0. The Morgan fingerprint density at radius 2 is 2.17 bits per heavy atom. The smallest absolute Gasteiger partial charge is 0.320 e. The molecule has 0 amide bonds. The lowest BCUT2D eigenvalue weighted by Crippen LogP contribution is -2.49. The molecule has 1 aromatic rings. The van der Waals surface area contributed by atoms with Crippen molar-refractivity contribution in [2.45, 2.75) is 24.9 Å². The first-order valence-corrected chi connectivity index (χ1v) is 5.89. The molecule has 0 fully saturated rings. The van der Waals surface area contributed by atoms with Crippen molar-refractivity contribution < 1.29 is 9.90 Å². The van der Waals surface area contributed by atoms with Crippen molar-refractivity contribution in [1.29, 1.82) is 0 Å². The summed E-state index contributed by atoms with van der Waals surface area (Å²) in [6.45, 7) is 1.65. The van der Waals surface area contributed by atoms with Gasteiger partial charge in [-0.15, -0.1) is 0 Å². The fraction of sp³-hybridized carbons (Fsp3) is 0.286. The standard InChI is InChI=1S/C14H16N2O2/c1-11(13(17)18)16-14(7-9-15-10-8-14)12-5-3-2-4-6-12/h2-7,9-11,16H,8H2,1H3,(H,17,18). The van der Waals surface area contributed by atoms with Crippen LogP contribution in [0.4, 0.5) is 0 Å². The van der Waals surface area contributed by atoms with Gasteiger partial charge in [0, 0.05) is 18.8 Å². The van der Waals surface area contributed by atoms with Crippen LogP contribution in [-0.2, 0) is 10.3 Å². The van der Waals surface area contributed by atoms with Crippen molar-refractivity contribution >= 4 is 12.2 Å². The number of carbonyl (C=O) groups is 1. The molecule has 0 saturated carbocycles. The lowest BCUT2D eigenvalue weighted by atomic mass is 9.85. The fourth-order valence-electron chi connectivity index (χ4n) is 2.08. The van der Waals surface area contributed by atoms with Crippen LogP contribution in [0.5, 0.6) is 0 Å². The number of carboxylic acid groups (broad SMARTS) is 1. The fourth-order valence-corrected chi connectivity index (χ4v) is 2.08. The first kappa shape index (κ1) is 12.5. The SMILES string of the molecule is CC(NC1(c2ccccc2)C=CN=CC1)C(=O)O. The van der Waals surface area contributed by atoms with Crippen LogP contribution in [-0.4, -0.2) is 23.3 Å². The molecule has 1 aromatic carbocycles. The normalized spacial score (nSPS) is 23.8. The van der Waals surface area contributed by atoms with Gasteiger partial charge in [-0.3, -0.25) is 15.1 Å². The first-order chi connectivity index (χ1) is 8.64. The van der Waals surface area contributed by atoms with Crippen molar-refractivity contribution in [3.8, 4) is 0 Å². The number of aliphatic carboxylic acids is 1. The predicted molar refractivity (Wildman–Crippen MR) is 70.6 cm³/mol. The average molecular weight is 244 g/mol. The average Bonchev–Trinajstić information content (AvgIpc) is 2.40. The van der Waals surface area contributed by atoms with Crippen LogP contribution in [0.2, 0.25) is 0 Å². The van der Waals surface area contributed by atoms with Gasteiger partial charge in [-0.2, -0.15) is 0 Å². The molecular formula is C14H16N2O2. The van der Waals surface area contributed by atoms with E-state index in [1.165, 1.54) is 0 Å². The summed E-state index contributed by atoms with van der Waals surface area (Å²) in [5.41, 5.74) is 0.557. The summed E-state index contributed by atoms with van der Waals surface area (Å²) >= 11 is 0. The summed E-state index contributed by atoms with van der Waals surface area (Å²) in [7, 11) is 0. The largest absolute Gasteiger partial charge is 0.480 e. The molecule has 2 rings (SSSR count). The van der Waals surface area contributed by atoms with E-state index >= 15 is 0 Å². The summed E-state index contributed by atoms with van der Waals surface area (Å²) in [6, 6.07) is 9.20. The van der Waals surface area contributed by atoms with E-state index in [1.807, 2.05) is 36.4 Å². The Labute approximate surface area is 106 Å². The van der Waals surface area contributed by atoms with Crippen LogP contribution in [0.3, 0.4) is 0 Å². The van der Waals surface area contributed by atoms with Crippen LogP contribution in [0.1, 0.15) is 18.9 Å². The molecule has 18 heavy (non-hydrogen) atoms. The Balaban J connectivity index is 2.33. The number of carboxylic acids is 1. The van der Waals surface area contributed by atoms with Crippen molar-refractivity contribution in [3.05, 3.63) is 48.2 Å². The molecule has 0 spiro atoms. The van der Waals surface area contributed by atoms with Gasteiger partial charge >= 0.3 is 5.97 Å². The van der Waals surface area contributed by atoms with Gasteiger partial charge in [0.05, 0.1) is 5.54 Å². The molecule has 1 aliphatic heterocycles. The summed E-state index contributed by atoms with van der Waals surface area (Å²) in [5.74, 6) is -0.860. The number of hydrogen-bond donors (Lipinski definition) is 2. The van der Waals surface area contributed by atoms with Crippen LogP contribution < -0.4 is 5.32 Å². The number of nitrogens with one attached hydrogen (secondary N) is 1. The molecule has 0 aliphatic carbocycles. The van der Waals surface area contributed by atoms with E-state index in [0.29, 0.717) is 6.42 Å². The minimum Gasteiger partial charge on any atom is -0.480 e. The highest BCUT2D eigenvalue weighted by Gasteiger charge is 2.32. The molecule has 1 aliphatic rings. The van der Waals surface area contributed by atoms with Gasteiger partial charge < -0.3 is 5.11 Å². The molecule has 94 valence electrons. The second-order valence-electron chi connectivity index (χ2n) is 4.39. The number of rotatable bonds is 4. The molecule has 2 N–H and O–H groups in total. The molecule has 0 radical (unpaired) electrons. The van der Waals surface area contributed by atoms with Crippen molar-refractivity contribution in [1.82, 2.24) is 5.32 Å². The second kappa shape index (κ2) is 5.14. The lowest BCUT2D eigenvalue weighted by molar-refractivity contribution is -0.139. The summed E-state index contributed by atoms with van der Waals surface area (Å²) in [6.07, 6.45) is 6.07. The zero-order valence-electron chi connectivity index (χ0n) is 10.2. The van der Waals surface area contributed by atoms with E-state index in [1.54, 1.807) is 19.3 Å². The quantitative estimate of drug-likeness (QED) is 0.850. The van der Waals surface area contributed by atoms with E-state index < -0.39 is 17.6 Å². The summed E-state index contributed by atoms with van der Waals surface area (Å²) in [4.78, 5) is 15.1. The van der Waals surface area contributed by atoms with Crippen LogP contribution >= 0.6 is 0 Å². The Hall–Kier alpha value is -1.94. The van der Waals surface area contributed by atoms with Gasteiger partial charge in [0.15, 0.2) is 0 Å². The minimum atomic E-state index is -0.860. The van der Waals surface area contributed by atoms with Gasteiger partial charge in [-0.25, -0.2) is 0 Å². The van der Waals surface area contributed by atoms with Crippen LogP contribution in [0.25, 0.3) is 0 Å². The molecular weight excluding hydrogens is 228 g/mol. The Morgan fingerprint density at radius 3 is 2.72 bits per heavy atom. The molecule has 1 heterocycles. The van der Waals surface area contributed by atoms with Crippen molar-refractivity contribution in [2.75, 3.05) is 0 Å². The predicted octanol–water partition coefficient (Wildman–Crippen LogP) is 1.93. The third-order valence-corrected chi connectivity index (χ3v) is 3.10. The highest BCUT2D eigenvalue weighted by atomic mass is 16.4. The van der Waals surface area contributed by atoms with Crippen LogP contribution in [0.15, 0.2) is 47.6 Å².